The normalized spacial score (nSPS) is 10.6. The fourth-order valence-corrected chi connectivity index (χ4v) is 1.20. The molecule has 0 unspecified atom stereocenters. The maximum absolute atomic E-state index is 11.0. The van der Waals surface area contributed by atoms with Gasteiger partial charge in [-0.15, -0.1) is 0 Å². The first-order valence-corrected chi connectivity index (χ1v) is 3.66. The number of nitro groups is 1. The van der Waals surface area contributed by atoms with E-state index in [9.17, 15) is 15.2 Å². The molecule has 0 bridgehead atoms. The van der Waals surface area contributed by atoms with Crippen LogP contribution in [0.25, 0.3) is 10.8 Å². The smallest absolute Gasteiger partial charge is 0.270 e. The Morgan fingerprint density at radius 3 is 2.71 bits per heavy atom. The van der Waals surface area contributed by atoms with Crippen molar-refractivity contribution in [3.8, 4) is 11.9 Å². The number of nitrogens with zero attached hydrogens (tertiary/aromatic N) is 1. The van der Waals surface area contributed by atoms with Crippen molar-refractivity contribution in [1.29, 1.82) is 0 Å². The van der Waals surface area contributed by atoms with Crippen molar-refractivity contribution in [1.82, 2.24) is 0 Å². The van der Waals surface area contributed by atoms with Crippen molar-refractivity contribution in [3.05, 3.63) is 28.3 Å². The zero-order valence-corrected chi connectivity index (χ0v) is 6.76. The largest absolute Gasteiger partial charge is 0.552 e. The summed E-state index contributed by atoms with van der Waals surface area (Å²) in [5.41, 5.74) is -0.213. The molecule has 0 aliphatic rings. The Morgan fingerprint density at radius 2 is 2.07 bits per heavy atom. The van der Waals surface area contributed by atoms with Gasteiger partial charge in [-0.25, -0.2) is 0 Å². The Morgan fingerprint density at radius 1 is 1.36 bits per heavy atom. The van der Waals surface area contributed by atoms with Crippen LogP contribution in [0.5, 0.6) is 11.9 Å². The highest BCUT2D eigenvalue weighted by Gasteiger charge is 2.10. The van der Waals surface area contributed by atoms with Gasteiger partial charge in [-0.1, -0.05) is 0 Å². The van der Waals surface area contributed by atoms with Crippen LogP contribution in [0.3, 0.4) is 0 Å². The summed E-state index contributed by atoms with van der Waals surface area (Å²) in [6.45, 7) is 0. The number of non-ortho nitro benzene ring substituents is 1. The van der Waals surface area contributed by atoms with Gasteiger partial charge in [0.05, 0.1) is 10.9 Å². The summed E-state index contributed by atoms with van der Waals surface area (Å²) < 4.78 is 4.38. The van der Waals surface area contributed by atoms with Crippen molar-refractivity contribution in [2.75, 3.05) is 0 Å². The Hall–Kier alpha value is -2.24. The van der Waals surface area contributed by atoms with Crippen LogP contribution in [0.1, 0.15) is 0 Å². The molecular weight excluding hydrogens is 190 g/mol. The number of benzene rings is 1. The van der Waals surface area contributed by atoms with E-state index >= 15 is 0 Å². The molecule has 0 aliphatic heterocycles. The highest BCUT2D eigenvalue weighted by molar-refractivity contribution is 5.92. The third kappa shape index (κ3) is 1.05. The van der Waals surface area contributed by atoms with Gasteiger partial charge in [0, 0.05) is 22.9 Å². The fraction of sp³-hybridized carbons (Fsp3) is 0. The highest BCUT2D eigenvalue weighted by Crippen LogP contribution is 2.35. The summed E-state index contributed by atoms with van der Waals surface area (Å²) in [7, 11) is 0. The quantitative estimate of drug-likeness (QED) is 0.541. The van der Waals surface area contributed by atoms with E-state index in [-0.39, 0.29) is 16.5 Å². The average Bonchev–Trinajstić information content (AvgIpc) is 2.42. The van der Waals surface area contributed by atoms with Gasteiger partial charge < -0.3 is 14.6 Å². The molecule has 6 heteroatoms. The Labute approximate surface area is 77.1 Å². The van der Waals surface area contributed by atoms with E-state index in [1.165, 1.54) is 12.1 Å². The van der Waals surface area contributed by atoms with Gasteiger partial charge in [-0.3, -0.25) is 10.1 Å². The van der Waals surface area contributed by atoms with Crippen LogP contribution >= 0.6 is 0 Å². The number of aromatic hydroxyl groups is 1. The number of furan rings is 1. The maximum Gasteiger partial charge on any atom is 0.270 e. The zero-order chi connectivity index (χ0) is 10.3. The van der Waals surface area contributed by atoms with E-state index in [2.05, 4.69) is 4.42 Å². The number of hydrogen-bond acceptors (Lipinski definition) is 5. The van der Waals surface area contributed by atoms with Crippen LogP contribution in [-0.4, -0.2) is 10.0 Å². The fourth-order valence-electron chi connectivity index (χ4n) is 1.20. The van der Waals surface area contributed by atoms with E-state index in [1.807, 2.05) is 0 Å². The molecule has 72 valence electrons. The van der Waals surface area contributed by atoms with Crippen LogP contribution in [0.4, 0.5) is 5.69 Å². The van der Waals surface area contributed by atoms with Crippen LogP contribution < -0.4 is 5.11 Å². The van der Waals surface area contributed by atoms with Crippen LogP contribution in [0.15, 0.2) is 22.6 Å². The van der Waals surface area contributed by atoms with Gasteiger partial charge in [-0.05, 0) is 6.07 Å². The van der Waals surface area contributed by atoms with E-state index in [0.717, 1.165) is 6.07 Å². The molecule has 0 spiro atoms. The maximum atomic E-state index is 11.0. The molecule has 14 heavy (non-hydrogen) atoms. The van der Waals surface area contributed by atoms with E-state index < -0.39 is 16.8 Å². The lowest BCUT2D eigenvalue weighted by Crippen LogP contribution is -1.89. The average molecular weight is 194 g/mol. The lowest BCUT2D eigenvalue weighted by Gasteiger charge is -1.94. The molecule has 6 nitrogen and oxygen atoms in total. The second kappa shape index (κ2) is 2.63. The standard InChI is InChI=1S/C8H5NO5/c10-7-5-2-1-4(9(12)13)3-6(5)8(11)14-7/h1-3,10-11H/p-1. The van der Waals surface area contributed by atoms with E-state index in [0.29, 0.717) is 0 Å². The number of hydrogen-bond donors (Lipinski definition) is 1. The molecule has 0 radical (unpaired) electrons. The van der Waals surface area contributed by atoms with E-state index in [1.54, 1.807) is 0 Å². The van der Waals surface area contributed by atoms with Crippen molar-refractivity contribution < 1.29 is 19.6 Å². The lowest BCUT2D eigenvalue weighted by molar-refractivity contribution is -0.384. The molecule has 0 atom stereocenters. The molecule has 0 saturated carbocycles. The van der Waals surface area contributed by atoms with Crippen LogP contribution in [0.2, 0.25) is 0 Å². The molecule has 0 fully saturated rings. The molecule has 0 aliphatic carbocycles. The molecule has 1 aromatic carbocycles. The Balaban J connectivity index is 2.77. The molecule has 2 rings (SSSR count). The summed E-state index contributed by atoms with van der Waals surface area (Å²) in [5.74, 6) is -1.29. The molecule has 1 N–H and O–H groups in total. The van der Waals surface area contributed by atoms with Crippen LogP contribution in [-0.2, 0) is 0 Å². The van der Waals surface area contributed by atoms with Gasteiger partial charge in [0.2, 0.25) is 0 Å². The van der Waals surface area contributed by atoms with Crippen molar-refractivity contribution in [3.63, 3.8) is 0 Å². The van der Waals surface area contributed by atoms with Gasteiger partial charge in [0.15, 0.2) is 5.95 Å². The molecule has 1 heterocycles. The Bertz CT molecular complexity index is 516. The molecule has 0 amide bonds. The first-order chi connectivity index (χ1) is 6.59. The Kier molecular flexibility index (Phi) is 1.57. The summed E-state index contributed by atoms with van der Waals surface area (Å²) in [6.07, 6.45) is 0. The third-order valence-electron chi connectivity index (χ3n) is 1.85. The summed E-state index contributed by atoms with van der Waals surface area (Å²) in [5, 5.41) is 30.7. The second-order valence-electron chi connectivity index (χ2n) is 2.68. The molecule has 0 saturated heterocycles. The topological polar surface area (TPSA) is 99.6 Å². The molecular formula is C8H4NO5-. The minimum Gasteiger partial charge on any atom is -0.552 e. The first kappa shape index (κ1) is 8.36. The zero-order valence-electron chi connectivity index (χ0n) is 6.76. The molecule has 2 aromatic rings. The first-order valence-electron chi connectivity index (χ1n) is 3.66. The van der Waals surface area contributed by atoms with Crippen molar-refractivity contribution in [2.45, 2.75) is 0 Å². The second-order valence-corrected chi connectivity index (χ2v) is 2.68. The predicted molar refractivity (Wildman–Crippen MR) is 44.0 cm³/mol. The minimum atomic E-state index is -0.777. The number of nitro benzene ring substituents is 1. The van der Waals surface area contributed by atoms with E-state index in [4.69, 9.17) is 5.11 Å². The number of rotatable bonds is 1. The SMILES string of the molecule is O=[N+]([O-])c1ccc2c(O)oc([O-])c2c1. The van der Waals surface area contributed by atoms with Crippen LogP contribution in [0, 0.1) is 10.1 Å². The van der Waals surface area contributed by atoms with Gasteiger partial charge >= 0.3 is 0 Å². The van der Waals surface area contributed by atoms with Gasteiger partial charge in [0.25, 0.3) is 5.69 Å². The minimum absolute atomic E-state index is 0.0108. The summed E-state index contributed by atoms with van der Waals surface area (Å²) in [6, 6.07) is 3.53. The third-order valence-corrected chi connectivity index (χ3v) is 1.85. The highest BCUT2D eigenvalue weighted by atomic mass is 16.6. The predicted octanol–water partition coefficient (Wildman–Crippen LogP) is 1.12. The van der Waals surface area contributed by atoms with Gasteiger partial charge in [0.1, 0.15) is 0 Å². The summed E-state index contributed by atoms with van der Waals surface area (Å²) in [4.78, 5) is 9.75. The van der Waals surface area contributed by atoms with Crippen molar-refractivity contribution >= 4 is 16.5 Å². The van der Waals surface area contributed by atoms with Gasteiger partial charge in [-0.2, -0.15) is 0 Å². The lowest BCUT2D eigenvalue weighted by atomic mass is 10.2. The van der Waals surface area contributed by atoms with Crippen molar-refractivity contribution in [2.24, 2.45) is 0 Å². The summed E-state index contributed by atoms with van der Waals surface area (Å²) >= 11 is 0. The number of fused-ring (bicyclic) bond motifs is 1. The molecule has 1 aromatic heterocycles. The monoisotopic (exact) mass is 194 g/mol.